The van der Waals surface area contributed by atoms with Crippen molar-refractivity contribution in [2.45, 2.75) is 25.0 Å². The molecule has 0 N–H and O–H groups in total. The second-order valence-electron chi connectivity index (χ2n) is 7.53. The number of benzene rings is 1. The maximum Gasteiger partial charge on any atom is 0.131 e. The average Bonchev–Trinajstić information content (AvgIpc) is 2.80. The fourth-order valence-corrected chi connectivity index (χ4v) is 4.71. The van der Waals surface area contributed by atoms with E-state index in [9.17, 15) is 0 Å². The molecule has 0 unspecified atom stereocenters. The van der Waals surface area contributed by atoms with Crippen LogP contribution in [0.3, 0.4) is 0 Å². The van der Waals surface area contributed by atoms with Crippen LogP contribution in [0.5, 0.6) is 5.75 Å². The highest BCUT2D eigenvalue weighted by Gasteiger charge is 2.13. The Morgan fingerprint density at radius 2 is 1.97 bits per heavy atom. The molecule has 1 fully saturated rings. The number of methoxy groups -OCH3 is 1. The number of ether oxygens (including phenoxy) is 3. The summed E-state index contributed by atoms with van der Waals surface area (Å²) < 4.78 is 16.9. The summed E-state index contributed by atoms with van der Waals surface area (Å²) in [6.45, 7) is 7.82. The molecule has 1 saturated heterocycles. The lowest BCUT2D eigenvalue weighted by Crippen LogP contribution is -2.37. The van der Waals surface area contributed by atoms with Crippen molar-refractivity contribution in [3.05, 3.63) is 59.5 Å². The zero-order valence-electron chi connectivity index (χ0n) is 18.2. The van der Waals surface area contributed by atoms with Crippen molar-refractivity contribution in [3.8, 4) is 5.75 Å². The van der Waals surface area contributed by atoms with Gasteiger partial charge in [0.15, 0.2) is 0 Å². The summed E-state index contributed by atoms with van der Waals surface area (Å²) >= 11 is 1.88. The predicted molar refractivity (Wildman–Crippen MR) is 124 cm³/mol. The molecule has 0 bridgehead atoms. The van der Waals surface area contributed by atoms with Crippen LogP contribution in [0.4, 0.5) is 0 Å². The molecule has 0 radical (unpaired) electrons. The molecule has 164 valence electrons. The van der Waals surface area contributed by atoms with Gasteiger partial charge in [-0.15, -0.1) is 11.8 Å². The number of aromatic nitrogens is 2. The first-order valence-corrected chi connectivity index (χ1v) is 11.6. The Balaban J connectivity index is 1.43. The van der Waals surface area contributed by atoms with Crippen LogP contribution in [0.2, 0.25) is 0 Å². The molecule has 0 spiro atoms. The number of thioether (sulfide) groups is 1. The molecule has 31 heavy (non-hydrogen) atoms. The minimum Gasteiger partial charge on any atom is -0.487 e. The van der Waals surface area contributed by atoms with Gasteiger partial charge in [0.2, 0.25) is 0 Å². The zero-order valence-corrected chi connectivity index (χ0v) is 19.0. The number of nitrogens with zero attached hydrogens (tertiary/aromatic N) is 3. The lowest BCUT2D eigenvalue weighted by molar-refractivity contribution is 0.0410. The number of rotatable bonds is 9. The molecule has 1 aliphatic rings. The predicted octanol–water partition coefficient (Wildman–Crippen LogP) is 4.09. The first kappa shape index (κ1) is 22.0. The molecule has 1 aliphatic heterocycles. The van der Waals surface area contributed by atoms with Crippen molar-refractivity contribution in [2.75, 3.05) is 45.7 Å². The van der Waals surface area contributed by atoms with Crippen molar-refractivity contribution in [3.63, 3.8) is 0 Å². The molecule has 2 aromatic heterocycles. The molecule has 6 nitrogen and oxygen atoms in total. The van der Waals surface area contributed by atoms with Crippen molar-refractivity contribution < 1.29 is 14.2 Å². The van der Waals surface area contributed by atoms with E-state index >= 15 is 0 Å². The summed E-state index contributed by atoms with van der Waals surface area (Å²) in [5.74, 6) is 1.87. The number of hydrogen-bond acceptors (Lipinski definition) is 7. The minimum atomic E-state index is 0.421. The van der Waals surface area contributed by atoms with E-state index in [0.717, 1.165) is 66.6 Å². The first-order chi connectivity index (χ1) is 15.2. The van der Waals surface area contributed by atoms with E-state index in [1.54, 1.807) is 7.11 Å². The van der Waals surface area contributed by atoms with Gasteiger partial charge >= 0.3 is 0 Å². The van der Waals surface area contributed by atoms with E-state index in [1.165, 1.54) is 10.5 Å². The molecule has 0 atom stereocenters. The molecule has 0 amide bonds. The summed E-state index contributed by atoms with van der Waals surface area (Å²) in [5, 5.41) is 0.996. The quantitative estimate of drug-likeness (QED) is 0.466. The average molecular weight is 440 g/mol. The van der Waals surface area contributed by atoms with Gasteiger partial charge in [0.25, 0.3) is 0 Å². The normalized spacial score (nSPS) is 14.8. The maximum atomic E-state index is 6.24. The number of morpholine rings is 1. The molecule has 7 heteroatoms. The van der Waals surface area contributed by atoms with Gasteiger partial charge in [-0.3, -0.25) is 14.9 Å². The van der Waals surface area contributed by atoms with Crippen LogP contribution in [0, 0.1) is 6.92 Å². The Morgan fingerprint density at radius 3 is 2.81 bits per heavy atom. The van der Waals surface area contributed by atoms with E-state index in [2.05, 4.69) is 27.9 Å². The first-order valence-electron chi connectivity index (χ1n) is 10.6. The third-order valence-electron chi connectivity index (χ3n) is 5.42. The van der Waals surface area contributed by atoms with Gasteiger partial charge in [0, 0.05) is 55.0 Å². The zero-order chi connectivity index (χ0) is 21.5. The topological polar surface area (TPSA) is 56.7 Å². The fourth-order valence-electron chi connectivity index (χ4n) is 3.65. The summed E-state index contributed by atoms with van der Waals surface area (Å²) in [4.78, 5) is 13.0. The van der Waals surface area contributed by atoms with Gasteiger partial charge in [-0.2, -0.15) is 0 Å². The number of pyridine rings is 2. The van der Waals surface area contributed by atoms with Gasteiger partial charge in [0.1, 0.15) is 12.4 Å². The van der Waals surface area contributed by atoms with Crippen molar-refractivity contribution in [2.24, 2.45) is 0 Å². The Kier molecular flexibility index (Phi) is 7.75. The van der Waals surface area contributed by atoms with Crippen molar-refractivity contribution in [1.82, 2.24) is 14.9 Å². The third kappa shape index (κ3) is 5.74. The van der Waals surface area contributed by atoms with E-state index in [-0.39, 0.29) is 0 Å². The highest BCUT2D eigenvalue weighted by Crippen LogP contribution is 2.28. The van der Waals surface area contributed by atoms with Gasteiger partial charge < -0.3 is 14.2 Å². The van der Waals surface area contributed by atoms with E-state index < -0.39 is 0 Å². The maximum absolute atomic E-state index is 6.24. The molecule has 0 saturated carbocycles. The van der Waals surface area contributed by atoms with Crippen LogP contribution in [0.1, 0.15) is 17.0 Å². The van der Waals surface area contributed by atoms with Crippen LogP contribution in [-0.2, 0) is 22.7 Å². The summed E-state index contributed by atoms with van der Waals surface area (Å²) in [7, 11) is 1.67. The van der Waals surface area contributed by atoms with E-state index in [1.807, 2.05) is 48.3 Å². The van der Waals surface area contributed by atoms with Crippen LogP contribution in [0.15, 0.2) is 47.5 Å². The molecular weight excluding hydrogens is 410 g/mol. The number of hydrogen-bond donors (Lipinski definition) is 0. The van der Waals surface area contributed by atoms with E-state index in [4.69, 9.17) is 14.2 Å². The SMILES string of the molecule is COCc1cc(OCc2nccc(SCCN3CCOCC3)c2C)c2ccccc2n1. The standard InChI is InChI=1S/C24H29N3O3S/c1-18-22(25-8-7-24(18)31-14-11-27-9-12-29-13-10-27)17-30-23-15-19(16-28-2)26-21-6-4-3-5-20(21)23/h3-8,15H,9-14,16-17H2,1-2H3. The Bertz CT molecular complexity index is 1010. The van der Waals surface area contributed by atoms with Crippen LogP contribution < -0.4 is 4.74 Å². The summed E-state index contributed by atoms with van der Waals surface area (Å²) in [6.07, 6.45) is 1.88. The van der Waals surface area contributed by atoms with Crippen molar-refractivity contribution >= 4 is 22.7 Å². The van der Waals surface area contributed by atoms with Gasteiger partial charge in [-0.25, -0.2) is 0 Å². The third-order valence-corrected chi connectivity index (χ3v) is 6.56. The van der Waals surface area contributed by atoms with Gasteiger partial charge in [0.05, 0.1) is 36.7 Å². The Labute approximate surface area is 187 Å². The fraction of sp³-hybridized carbons (Fsp3) is 0.417. The van der Waals surface area contributed by atoms with Crippen LogP contribution in [-0.4, -0.2) is 60.6 Å². The number of fused-ring (bicyclic) bond motifs is 1. The summed E-state index contributed by atoms with van der Waals surface area (Å²) in [5.41, 5.74) is 3.91. The smallest absolute Gasteiger partial charge is 0.131 e. The van der Waals surface area contributed by atoms with Crippen LogP contribution >= 0.6 is 11.8 Å². The molecule has 3 heterocycles. The Morgan fingerprint density at radius 1 is 1.13 bits per heavy atom. The van der Waals surface area contributed by atoms with Gasteiger partial charge in [-0.05, 0) is 30.7 Å². The number of para-hydroxylation sites is 1. The van der Waals surface area contributed by atoms with Crippen molar-refractivity contribution in [1.29, 1.82) is 0 Å². The second-order valence-corrected chi connectivity index (χ2v) is 8.67. The molecule has 0 aliphatic carbocycles. The second kappa shape index (κ2) is 10.9. The summed E-state index contributed by atoms with van der Waals surface area (Å²) in [6, 6.07) is 12.1. The molecule has 3 aromatic rings. The highest BCUT2D eigenvalue weighted by molar-refractivity contribution is 7.99. The highest BCUT2D eigenvalue weighted by atomic mass is 32.2. The monoisotopic (exact) mass is 439 g/mol. The Hall–Kier alpha value is -2.19. The largest absolute Gasteiger partial charge is 0.487 e. The van der Waals surface area contributed by atoms with Crippen LogP contribution in [0.25, 0.3) is 10.9 Å². The molecule has 1 aromatic carbocycles. The minimum absolute atomic E-state index is 0.421. The lowest BCUT2D eigenvalue weighted by atomic mass is 10.2. The van der Waals surface area contributed by atoms with E-state index in [0.29, 0.717) is 13.2 Å². The molecule has 4 rings (SSSR count). The lowest BCUT2D eigenvalue weighted by Gasteiger charge is -2.26. The molecular formula is C24H29N3O3S. The van der Waals surface area contributed by atoms with Gasteiger partial charge in [-0.1, -0.05) is 12.1 Å².